The minimum atomic E-state index is -0.536. The Kier molecular flexibility index (Phi) is 6.67. The maximum Gasteiger partial charge on any atom is 0.204 e. The van der Waals surface area contributed by atoms with Gasteiger partial charge in [-0.15, -0.1) is 0 Å². The van der Waals surface area contributed by atoms with E-state index in [-0.39, 0.29) is 22.1 Å². The standard InChI is InChI=1S/C27H29BrO6/c1-15(2)7-8-17-22-19(14-21(26(17)31-5)32-12-6-11-28)33-20-13-18-16(9-10-27(3,4)34-18)24(29)23(20)25(22)30/h7,9-10,13-14,29H,6,8,11-12H2,1-5H3. The van der Waals surface area contributed by atoms with Gasteiger partial charge in [0.2, 0.25) is 5.43 Å². The normalized spacial score (nSPS) is 14.1. The summed E-state index contributed by atoms with van der Waals surface area (Å²) in [5, 5.41) is 12.4. The van der Waals surface area contributed by atoms with Crippen molar-refractivity contribution in [1.82, 2.24) is 0 Å². The molecule has 2 heterocycles. The predicted molar refractivity (Wildman–Crippen MR) is 139 cm³/mol. The van der Waals surface area contributed by atoms with E-state index in [4.69, 9.17) is 18.6 Å². The SMILES string of the molecule is COc1c(OCCCBr)cc2oc3cc4c(c(O)c3c(=O)c2c1CC=C(C)C)C=CC(C)(C)O4. The topological polar surface area (TPSA) is 78.1 Å². The number of hydrogen-bond acceptors (Lipinski definition) is 6. The maximum atomic E-state index is 13.8. The molecular formula is C27H29BrO6. The fourth-order valence-electron chi connectivity index (χ4n) is 4.09. The van der Waals surface area contributed by atoms with Crippen LogP contribution >= 0.6 is 15.9 Å². The number of aromatic hydroxyl groups is 1. The summed E-state index contributed by atoms with van der Waals surface area (Å²) in [4.78, 5) is 13.8. The number of fused-ring (bicyclic) bond motifs is 3. The van der Waals surface area contributed by atoms with Gasteiger partial charge in [0, 0.05) is 23.0 Å². The van der Waals surface area contributed by atoms with E-state index in [0.717, 1.165) is 17.3 Å². The molecule has 1 aromatic heterocycles. The maximum absolute atomic E-state index is 13.8. The molecule has 0 aliphatic carbocycles. The molecule has 7 heteroatoms. The number of halogens is 1. The Morgan fingerprint density at radius 1 is 1.21 bits per heavy atom. The van der Waals surface area contributed by atoms with Crippen molar-refractivity contribution in [3.05, 3.63) is 51.2 Å². The highest BCUT2D eigenvalue weighted by Crippen LogP contribution is 2.43. The third-order valence-corrected chi connectivity index (χ3v) is 6.29. The van der Waals surface area contributed by atoms with Crippen molar-refractivity contribution in [3.63, 3.8) is 0 Å². The molecule has 0 saturated heterocycles. The van der Waals surface area contributed by atoms with Gasteiger partial charge in [-0.25, -0.2) is 0 Å². The Morgan fingerprint density at radius 2 is 1.94 bits per heavy atom. The molecule has 4 rings (SSSR count). The van der Waals surface area contributed by atoms with Gasteiger partial charge in [-0.2, -0.15) is 0 Å². The average molecular weight is 529 g/mol. The third-order valence-electron chi connectivity index (χ3n) is 5.73. The first-order chi connectivity index (χ1) is 16.2. The molecule has 0 saturated carbocycles. The van der Waals surface area contributed by atoms with E-state index in [9.17, 15) is 9.90 Å². The van der Waals surface area contributed by atoms with Gasteiger partial charge in [0.05, 0.1) is 24.7 Å². The van der Waals surface area contributed by atoms with E-state index in [1.807, 2.05) is 39.8 Å². The van der Waals surface area contributed by atoms with Crippen molar-refractivity contribution in [2.45, 2.75) is 46.1 Å². The summed E-state index contributed by atoms with van der Waals surface area (Å²) < 4.78 is 23.9. The second-order valence-electron chi connectivity index (χ2n) is 9.12. The highest BCUT2D eigenvalue weighted by atomic mass is 79.9. The Labute approximate surface area is 206 Å². The lowest BCUT2D eigenvalue weighted by atomic mass is 9.97. The third kappa shape index (κ3) is 4.41. The Hall–Kier alpha value is -2.93. The van der Waals surface area contributed by atoms with Crippen molar-refractivity contribution in [2.24, 2.45) is 0 Å². The number of ether oxygens (including phenoxy) is 3. The predicted octanol–water partition coefficient (Wildman–Crippen LogP) is 6.52. The van der Waals surface area contributed by atoms with Gasteiger partial charge < -0.3 is 23.7 Å². The number of phenolic OH excluding ortho intramolecular Hbond substituents is 1. The molecule has 0 unspecified atom stereocenters. The molecule has 0 fully saturated rings. The van der Waals surface area contributed by atoms with Crippen LogP contribution in [0.25, 0.3) is 28.0 Å². The van der Waals surface area contributed by atoms with Gasteiger partial charge in [0.1, 0.15) is 33.7 Å². The number of hydrogen-bond donors (Lipinski definition) is 1. The Balaban J connectivity index is 2.05. The number of benzene rings is 2. The molecule has 2 aromatic carbocycles. The lowest BCUT2D eigenvalue weighted by Gasteiger charge is -2.28. The molecule has 3 aromatic rings. The largest absolute Gasteiger partial charge is 0.506 e. The summed E-state index contributed by atoms with van der Waals surface area (Å²) in [5.41, 5.74) is 2.00. The first-order valence-electron chi connectivity index (χ1n) is 11.2. The molecule has 6 nitrogen and oxygen atoms in total. The summed E-state index contributed by atoms with van der Waals surface area (Å²) in [6.07, 6.45) is 6.92. The smallest absolute Gasteiger partial charge is 0.204 e. The molecule has 1 aliphatic rings. The summed E-state index contributed by atoms with van der Waals surface area (Å²) in [6, 6.07) is 3.36. The van der Waals surface area contributed by atoms with Crippen LogP contribution in [0.4, 0.5) is 0 Å². The van der Waals surface area contributed by atoms with Crippen molar-refractivity contribution in [3.8, 4) is 23.0 Å². The molecule has 0 spiro atoms. The number of alkyl halides is 1. The molecule has 1 N–H and O–H groups in total. The van der Waals surface area contributed by atoms with Crippen LogP contribution in [0.5, 0.6) is 23.0 Å². The summed E-state index contributed by atoms with van der Waals surface area (Å²) in [5.74, 6) is 1.32. The fraction of sp³-hybridized carbons (Fsp3) is 0.370. The second kappa shape index (κ2) is 9.37. The molecule has 0 bridgehead atoms. The molecule has 0 amide bonds. The molecule has 34 heavy (non-hydrogen) atoms. The lowest BCUT2D eigenvalue weighted by molar-refractivity contribution is 0.158. The average Bonchev–Trinajstić information content (AvgIpc) is 2.76. The van der Waals surface area contributed by atoms with Crippen LogP contribution < -0.4 is 19.6 Å². The minimum absolute atomic E-state index is 0.118. The zero-order chi connectivity index (χ0) is 24.6. The van der Waals surface area contributed by atoms with Gasteiger partial charge >= 0.3 is 0 Å². The quantitative estimate of drug-likeness (QED) is 0.163. The first-order valence-corrected chi connectivity index (χ1v) is 12.4. The lowest BCUT2D eigenvalue weighted by Crippen LogP contribution is -2.27. The zero-order valence-electron chi connectivity index (χ0n) is 20.1. The van der Waals surface area contributed by atoms with E-state index >= 15 is 0 Å². The number of phenols is 1. The van der Waals surface area contributed by atoms with E-state index in [0.29, 0.717) is 52.4 Å². The van der Waals surface area contributed by atoms with Gasteiger partial charge in [-0.3, -0.25) is 4.79 Å². The summed E-state index contributed by atoms with van der Waals surface area (Å²) in [7, 11) is 1.56. The van der Waals surface area contributed by atoms with Crippen LogP contribution in [0.1, 0.15) is 45.2 Å². The van der Waals surface area contributed by atoms with Crippen molar-refractivity contribution in [2.75, 3.05) is 19.0 Å². The highest BCUT2D eigenvalue weighted by molar-refractivity contribution is 9.09. The number of allylic oxidation sites excluding steroid dienone is 2. The van der Waals surface area contributed by atoms with E-state index in [2.05, 4.69) is 15.9 Å². The van der Waals surface area contributed by atoms with E-state index < -0.39 is 5.60 Å². The fourth-order valence-corrected chi connectivity index (χ4v) is 4.32. The van der Waals surface area contributed by atoms with Crippen LogP contribution in [0.15, 0.2) is 39.1 Å². The Morgan fingerprint density at radius 3 is 2.62 bits per heavy atom. The van der Waals surface area contributed by atoms with Crippen LogP contribution in [0, 0.1) is 0 Å². The van der Waals surface area contributed by atoms with Gasteiger partial charge in [0.25, 0.3) is 0 Å². The molecule has 0 atom stereocenters. The van der Waals surface area contributed by atoms with Crippen LogP contribution in [-0.4, -0.2) is 29.8 Å². The molecule has 180 valence electrons. The van der Waals surface area contributed by atoms with Gasteiger partial charge in [-0.1, -0.05) is 27.6 Å². The monoisotopic (exact) mass is 528 g/mol. The van der Waals surface area contributed by atoms with Crippen LogP contribution in [0.3, 0.4) is 0 Å². The van der Waals surface area contributed by atoms with Crippen molar-refractivity contribution < 1.29 is 23.7 Å². The van der Waals surface area contributed by atoms with Gasteiger partial charge in [0.15, 0.2) is 11.5 Å². The first kappa shape index (κ1) is 24.2. The van der Waals surface area contributed by atoms with Crippen molar-refractivity contribution >= 4 is 43.9 Å². The van der Waals surface area contributed by atoms with Crippen LogP contribution in [-0.2, 0) is 6.42 Å². The Bertz CT molecular complexity index is 1380. The van der Waals surface area contributed by atoms with Crippen molar-refractivity contribution in [1.29, 1.82) is 0 Å². The van der Waals surface area contributed by atoms with E-state index in [1.165, 1.54) is 0 Å². The van der Waals surface area contributed by atoms with Crippen LogP contribution in [0.2, 0.25) is 0 Å². The number of methoxy groups -OCH3 is 1. The molecule has 0 radical (unpaired) electrons. The minimum Gasteiger partial charge on any atom is -0.506 e. The number of rotatable bonds is 7. The molecule has 1 aliphatic heterocycles. The van der Waals surface area contributed by atoms with Gasteiger partial charge in [-0.05, 0) is 52.7 Å². The zero-order valence-corrected chi connectivity index (χ0v) is 21.7. The summed E-state index contributed by atoms with van der Waals surface area (Å²) in [6.45, 7) is 8.31. The van der Waals surface area contributed by atoms with E-state index in [1.54, 1.807) is 25.3 Å². The summed E-state index contributed by atoms with van der Waals surface area (Å²) >= 11 is 3.42. The second-order valence-corrected chi connectivity index (χ2v) is 9.91. The highest BCUT2D eigenvalue weighted by Gasteiger charge is 2.28. The molecular weight excluding hydrogens is 500 g/mol.